The van der Waals surface area contributed by atoms with Gasteiger partial charge in [-0.2, -0.15) is 4.31 Å². The summed E-state index contributed by atoms with van der Waals surface area (Å²) >= 11 is 0. The number of hydrogen-bond donors (Lipinski definition) is 3. The Morgan fingerprint density at radius 1 is 1.29 bits per heavy atom. The summed E-state index contributed by atoms with van der Waals surface area (Å²) in [7, 11) is -4.29. The van der Waals surface area contributed by atoms with Crippen molar-refractivity contribution in [1.82, 2.24) is 14.3 Å². The van der Waals surface area contributed by atoms with Gasteiger partial charge in [-0.1, -0.05) is 12.8 Å². The topological polar surface area (TPSA) is 140 Å². The molecule has 1 aliphatic heterocycles. The molecule has 1 aromatic rings. The Bertz CT molecular complexity index is 750. The minimum atomic E-state index is -4.29. The van der Waals surface area contributed by atoms with Gasteiger partial charge in [0.2, 0.25) is 0 Å². The highest BCUT2D eigenvalue weighted by Crippen LogP contribution is 2.23. The number of carbonyl (C=O) groups is 1. The summed E-state index contributed by atoms with van der Waals surface area (Å²) in [4.78, 5) is 37.2. The lowest BCUT2D eigenvalue weighted by atomic mass is 10.1. The summed E-state index contributed by atoms with van der Waals surface area (Å²) in [6.45, 7) is 0.0257. The first kappa shape index (κ1) is 15.4. The minimum absolute atomic E-state index is 0.0257. The van der Waals surface area contributed by atoms with Gasteiger partial charge in [0, 0.05) is 12.7 Å². The number of hydrogen-bond acceptors (Lipinski definition) is 5. The second-order valence-electron chi connectivity index (χ2n) is 4.76. The number of sulfonamides is 1. The van der Waals surface area contributed by atoms with E-state index in [1.807, 2.05) is 4.98 Å². The molecule has 1 aliphatic rings. The van der Waals surface area contributed by atoms with E-state index in [2.05, 4.69) is 4.98 Å². The molecule has 116 valence electrons. The van der Waals surface area contributed by atoms with E-state index >= 15 is 0 Å². The van der Waals surface area contributed by atoms with Crippen LogP contribution in [0.15, 0.2) is 20.7 Å². The monoisotopic (exact) mass is 317 g/mol. The molecular weight excluding hydrogens is 302 g/mol. The molecule has 0 aromatic carbocycles. The van der Waals surface area contributed by atoms with Crippen LogP contribution in [0.2, 0.25) is 0 Å². The van der Waals surface area contributed by atoms with Gasteiger partial charge in [-0.25, -0.2) is 13.2 Å². The van der Waals surface area contributed by atoms with Crippen LogP contribution in [-0.4, -0.2) is 46.4 Å². The molecule has 3 N–H and O–H groups in total. The van der Waals surface area contributed by atoms with Gasteiger partial charge in [0.25, 0.3) is 15.6 Å². The second kappa shape index (κ2) is 5.82. The van der Waals surface area contributed by atoms with Crippen LogP contribution in [0.25, 0.3) is 0 Å². The number of rotatable bonds is 3. The molecule has 2 rings (SSSR count). The van der Waals surface area contributed by atoms with Crippen LogP contribution in [0.5, 0.6) is 0 Å². The average Bonchev–Trinajstić information content (AvgIpc) is 2.64. The molecule has 0 bridgehead atoms. The summed E-state index contributed by atoms with van der Waals surface area (Å²) in [5, 5.41) is 9.21. The average molecular weight is 317 g/mol. The Morgan fingerprint density at radius 2 is 2.00 bits per heavy atom. The van der Waals surface area contributed by atoms with Crippen LogP contribution in [0, 0.1) is 0 Å². The third-order valence-corrected chi connectivity index (χ3v) is 5.27. The summed E-state index contributed by atoms with van der Waals surface area (Å²) in [6.07, 6.45) is 2.82. The van der Waals surface area contributed by atoms with Crippen molar-refractivity contribution in [3.05, 3.63) is 27.0 Å². The number of aromatic nitrogens is 2. The van der Waals surface area contributed by atoms with Crippen LogP contribution in [0.3, 0.4) is 0 Å². The van der Waals surface area contributed by atoms with E-state index < -0.39 is 38.2 Å². The molecule has 21 heavy (non-hydrogen) atoms. The molecule has 0 saturated carbocycles. The van der Waals surface area contributed by atoms with Crippen LogP contribution in [0.4, 0.5) is 0 Å². The fourth-order valence-electron chi connectivity index (χ4n) is 2.33. The molecule has 10 heteroatoms. The highest BCUT2D eigenvalue weighted by atomic mass is 32.2. The first-order chi connectivity index (χ1) is 9.84. The van der Waals surface area contributed by atoms with Gasteiger partial charge in [-0.05, 0) is 12.8 Å². The molecule has 1 saturated heterocycles. The predicted octanol–water partition coefficient (Wildman–Crippen LogP) is -0.919. The van der Waals surface area contributed by atoms with Crippen molar-refractivity contribution < 1.29 is 18.3 Å². The molecule has 1 unspecified atom stereocenters. The van der Waals surface area contributed by atoms with Crippen molar-refractivity contribution in [3.63, 3.8) is 0 Å². The van der Waals surface area contributed by atoms with Crippen molar-refractivity contribution in [2.24, 2.45) is 0 Å². The quantitative estimate of drug-likeness (QED) is 0.658. The number of aliphatic carboxylic acids is 1. The maximum atomic E-state index is 12.5. The Labute approximate surface area is 119 Å². The van der Waals surface area contributed by atoms with Crippen molar-refractivity contribution in [2.45, 2.75) is 36.6 Å². The Morgan fingerprint density at radius 3 is 2.62 bits per heavy atom. The van der Waals surface area contributed by atoms with E-state index in [9.17, 15) is 27.9 Å². The molecular formula is C11H15N3O6S. The van der Waals surface area contributed by atoms with Crippen LogP contribution < -0.4 is 11.2 Å². The maximum absolute atomic E-state index is 12.5. The zero-order chi connectivity index (χ0) is 15.6. The van der Waals surface area contributed by atoms with E-state index in [0.29, 0.717) is 12.8 Å². The minimum Gasteiger partial charge on any atom is -0.480 e. The summed E-state index contributed by atoms with van der Waals surface area (Å²) in [5.41, 5.74) is -1.89. The van der Waals surface area contributed by atoms with Gasteiger partial charge in [-0.15, -0.1) is 0 Å². The molecule has 2 heterocycles. The number of H-pyrrole nitrogens is 2. The van der Waals surface area contributed by atoms with Crippen molar-refractivity contribution in [1.29, 1.82) is 0 Å². The van der Waals surface area contributed by atoms with Crippen LogP contribution in [-0.2, 0) is 14.8 Å². The molecule has 1 aromatic heterocycles. The first-order valence-corrected chi connectivity index (χ1v) is 7.84. The lowest BCUT2D eigenvalue weighted by Gasteiger charge is -2.25. The maximum Gasteiger partial charge on any atom is 0.325 e. The Kier molecular flexibility index (Phi) is 4.28. The lowest BCUT2D eigenvalue weighted by Crippen LogP contribution is -2.46. The standard InChI is InChI=1S/C11H15N3O6S/c15-9-8(6-12-11(18)13-9)21(19,20)14-5-3-1-2-4-7(14)10(16)17/h6-7H,1-5H2,(H,16,17)(H2,12,13,15,18). The van der Waals surface area contributed by atoms with Gasteiger partial charge in [0.1, 0.15) is 6.04 Å². The Hall–Kier alpha value is -1.94. The fourth-order valence-corrected chi connectivity index (χ4v) is 3.98. The second-order valence-corrected chi connectivity index (χ2v) is 6.61. The molecule has 1 fully saturated rings. The highest BCUT2D eigenvalue weighted by molar-refractivity contribution is 7.89. The largest absolute Gasteiger partial charge is 0.480 e. The van der Waals surface area contributed by atoms with Gasteiger partial charge in [0.15, 0.2) is 4.90 Å². The zero-order valence-electron chi connectivity index (χ0n) is 11.0. The smallest absolute Gasteiger partial charge is 0.325 e. The normalized spacial score (nSPS) is 20.9. The lowest BCUT2D eigenvalue weighted by molar-refractivity contribution is -0.141. The Balaban J connectivity index is 2.51. The fraction of sp³-hybridized carbons (Fsp3) is 0.545. The molecule has 0 aliphatic carbocycles. The van der Waals surface area contributed by atoms with E-state index in [1.165, 1.54) is 0 Å². The zero-order valence-corrected chi connectivity index (χ0v) is 11.9. The predicted molar refractivity (Wildman–Crippen MR) is 71.5 cm³/mol. The molecule has 9 nitrogen and oxygen atoms in total. The molecule has 0 amide bonds. The number of aromatic amines is 2. The third kappa shape index (κ3) is 3.05. The van der Waals surface area contributed by atoms with Crippen molar-refractivity contribution >= 4 is 16.0 Å². The number of nitrogens with one attached hydrogen (secondary N) is 2. The number of carboxylic acid groups (broad SMARTS) is 1. The van der Waals surface area contributed by atoms with E-state index in [-0.39, 0.29) is 13.0 Å². The van der Waals surface area contributed by atoms with Crippen molar-refractivity contribution in [2.75, 3.05) is 6.54 Å². The van der Waals surface area contributed by atoms with E-state index in [4.69, 9.17) is 0 Å². The van der Waals surface area contributed by atoms with E-state index in [1.54, 1.807) is 0 Å². The SMILES string of the molecule is O=C(O)C1CCCCCN1S(=O)(=O)c1c[nH]c(=O)[nH]c1=O. The summed E-state index contributed by atoms with van der Waals surface area (Å²) in [6, 6.07) is -1.20. The summed E-state index contributed by atoms with van der Waals surface area (Å²) < 4.78 is 25.8. The van der Waals surface area contributed by atoms with Gasteiger partial charge in [-0.3, -0.25) is 14.6 Å². The first-order valence-electron chi connectivity index (χ1n) is 6.40. The molecule has 0 spiro atoms. The number of carboxylic acids is 1. The van der Waals surface area contributed by atoms with Crippen LogP contribution >= 0.6 is 0 Å². The van der Waals surface area contributed by atoms with E-state index in [0.717, 1.165) is 16.9 Å². The third-order valence-electron chi connectivity index (χ3n) is 3.36. The molecule has 1 atom stereocenters. The van der Waals surface area contributed by atoms with Crippen molar-refractivity contribution in [3.8, 4) is 0 Å². The highest BCUT2D eigenvalue weighted by Gasteiger charge is 2.37. The van der Waals surface area contributed by atoms with Crippen LogP contribution in [0.1, 0.15) is 25.7 Å². The van der Waals surface area contributed by atoms with Gasteiger partial charge in [0.05, 0.1) is 0 Å². The molecule has 0 radical (unpaired) electrons. The van der Waals surface area contributed by atoms with Gasteiger partial charge >= 0.3 is 11.7 Å². The van der Waals surface area contributed by atoms with Gasteiger partial charge < -0.3 is 10.1 Å². The number of nitrogens with zero attached hydrogens (tertiary/aromatic N) is 1. The summed E-state index contributed by atoms with van der Waals surface area (Å²) in [5.74, 6) is -1.25.